The molecule has 0 fully saturated rings. The summed E-state index contributed by atoms with van der Waals surface area (Å²) >= 11 is 0. The van der Waals surface area contributed by atoms with Gasteiger partial charge in [-0.25, -0.2) is 4.57 Å². The summed E-state index contributed by atoms with van der Waals surface area (Å²) in [5.74, 6) is -0.472. The fraction of sp³-hybridized carbons (Fsp3) is 0.667. The van der Waals surface area contributed by atoms with Crippen molar-refractivity contribution < 1.29 is 28.4 Å². The largest absolute Gasteiger partial charge is 0.470 e. The predicted molar refractivity (Wildman–Crippen MR) is 113 cm³/mol. The number of carbonyl (C=O) groups is 1. The van der Waals surface area contributed by atoms with Gasteiger partial charge in [0.25, 0.3) is 0 Å². The van der Waals surface area contributed by atoms with Crippen molar-refractivity contribution in [3.05, 3.63) is 36.5 Å². The molecule has 0 bridgehead atoms. The van der Waals surface area contributed by atoms with Crippen LogP contribution in [0, 0.1) is 0 Å². The summed E-state index contributed by atoms with van der Waals surface area (Å²) in [4.78, 5) is 28.2. The van der Waals surface area contributed by atoms with Crippen LogP contribution in [0.2, 0.25) is 0 Å². The molecule has 0 atom stereocenters. The fourth-order valence-electron chi connectivity index (χ4n) is 2.38. The van der Waals surface area contributed by atoms with Crippen molar-refractivity contribution in [2.24, 2.45) is 0 Å². The van der Waals surface area contributed by atoms with Crippen LogP contribution in [0.5, 0.6) is 0 Å². The minimum Gasteiger partial charge on any atom is -0.374 e. The van der Waals surface area contributed by atoms with Gasteiger partial charge in [-0.2, -0.15) is 0 Å². The maximum atomic E-state index is 11.3. The second-order valence-electron chi connectivity index (χ2n) is 6.56. The zero-order chi connectivity index (χ0) is 20.9. The predicted octanol–water partition coefficient (Wildman–Crippen LogP) is 5.27. The molecule has 0 saturated heterocycles. The zero-order valence-electron chi connectivity index (χ0n) is 17.1. The average molecular weight is 416 g/mol. The Bertz CT molecular complexity index is 507. The molecule has 0 aliphatic carbocycles. The molecular formula is C21H37O6P. The lowest BCUT2D eigenvalue weighted by Crippen LogP contribution is -2.15. The number of rotatable bonds is 19. The van der Waals surface area contributed by atoms with E-state index in [1.807, 2.05) is 0 Å². The number of hydrogen-bond donors (Lipinski definition) is 2. The van der Waals surface area contributed by atoms with Crippen molar-refractivity contribution in [2.75, 3.05) is 19.8 Å². The fourth-order valence-corrected chi connectivity index (χ4v) is 2.70. The van der Waals surface area contributed by atoms with Crippen molar-refractivity contribution in [1.29, 1.82) is 0 Å². The van der Waals surface area contributed by atoms with Crippen LogP contribution in [0.15, 0.2) is 36.5 Å². The highest BCUT2D eigenvalue weighted by Gasteiger charge is 2.16. The Morgan fingerprint density at radius 2 is 1.39 bits per heavy atom. The second kappa shape index (κ2) is 19.3. The van der Waals surface area contributed by atoms with Gasteiger partial charge in [0.1, 0.15) is 13.2 Å². The van der Waals surface area contributed by atoms with Crippen LogP contribution >= 0.6 is 7.82 Å². The molecule has 0 aliphatic rings. The Kier molecular flexibility index (Phi) is 18.6. The van der Waals surface area contributed by atoms with Crippen LogP contribution in [-0.2, 0) is 18.6 Å². The van der Waals surface area contributed by atoms with Crippen molar-refractivity contribution in [3.63, 3.8) is 0 Å². The Balaban J connectivity index is 3.31. The number of hydrogen-bond acceptors (Lipinski definition) is 4. The van der Waals surface area contributed by atoms with Crippen LogP contribution < -0.4 is 0 Å². The van der Waals surface area contributed by atoms with Crippen LogP contribution in [0.25, 0.3) is 0 Å². The van der Waals surface area contributed by atoms with E-state index in [4.69, 9.17) is 14.5 Å². The van der Waals surface area contributed by atoms with E-state index in [9.17, 15) is 9.36 Å². The van der Waals surface area contributed by atoms with Gasteiger partial charge in [0.05, 0.1) is 0 Å². The van der Waals surface area contributed by atoms with Crippen LogP contribution in [0.4, 0.5) is 0 Å². The molecule has 0 heterocycles. The zero-order valence-corrected chi connectivity index (χ0v) is 18.0. The van der Waals surface area contributed by atoms with Gasteiger partial charge in [0.2, 0.25) is 0 Å². The van der Waals surface area contributed by atoms with E-state index in [1.165, 1.54) is 19.3 Å². The maximum absolute atomic E-state index is 11.3. The highest BCUT2D eigenvalue weighted by atomic mass is 31.2. The Hall–Kier alpha value is -1.04. The van der Waals surface area contributed by atoms with Crippen LogP contribution in [0.3, 0.4) is 0 Å². The van der Waals surface area contributed by atoms with Gasteiger partial charge in [0, 0.05) is 6.61 Å². The van der Waals surface area contributed by atoms with Gasteiger partial charge < -0.3 is 14.5 Å². The SMILES string of the molecule is CC/C=C\C/C=C\C/C=C\CCCCCCCCOCC(=O)COP(=O)(O)O. The Labute approximate surface area is 169 Å². The molecule has 0 rings (SSSR count). The van der Waals surface area contributed by atoms with E-state index in [1.54, 1.807) is 0 Å². The van der Waals surface area contributed by atoms with Crippen molar-refractivity contribution in [1.82, 2.24) is 0 Å². The molecule has 0 radical (unpaired) electrons. The smallest absolute Gasteiger partial charge is 0.374 e. The molecule has 0 saturated carbocycles. The van der Waals surface area contributed by atoms with E-state index in [-0.39, 0.29) is 6.61 Å². The third-order valence-electron chi connectivity index (χ3n) is 3.85. The third-order valence-corrected chi connectivity index (χ3v) is 4.31. The number of phosphoric acid groups is 1. The molecule has 0 aromatic heterocycles. The summed E-state index contributed by atoms with van der Waals surface area (Å²) in [6.07, 6.45) is 24.2. The topological polar surface area (TPSA) is 93.1 Å². The first kappa shape index (κ1) is 27.0. The standard InChI is InChI=1S/C21H37O6P/c1-2-3-4-5-6-7-8-9-10-11-12-13-14-15-16-17-18-26-19-21(22)20-27-28(23,24)25/h3-4,6-7,9-10H,2,5,8,11-20H2,1H3,(H2,23,24,25)/b4-3-,7-6-,10-9-. The number of ketones is 1. The van der Waals surface area contributed by atoms with Crippen molar-refractivity contribution in [2.45, 2.75) is 71.1 Å². The Morgan fingerprint density at radius 1 is 0.821 bits per heavy atom. The van der Waals surface area contributed by atoms with Crippen LogP contribution in [-0.4, -0.2) is 35.4 Å². The first-order valence-electron chi connectivity index (χ1n) is 10.2. The molecule has 0 aliphatic heterocycles. The van der Waals surface area contributed by atoms with Crippen molar-refractivity contribution >= 4 is 13.6 Å². The molecule has 6 nitrogen and oxygen atoms in total. The van der Waals surface area contributed by atoms with E-state index < -0.39 is 20.2 Å². The number of unbranched alkanes of at least 4 members (excludes halogenated alkanes) is 6. The molecule has 0 aromatic rings. The van der Waals surface area contributed by atoms with Crippen LogP contribution in [0.1, 0.15) is 71.1 Å². The minimum atomic E-state index is -4.58. The van der Waals surface area contributed by atoms with Gasteiger partial charge in [-0.15, -0.1) is 0 Å². The lowest BCUT2D eigenvalue weighted by Gasteiger charge is -2.05. The van der Waals surface area contributed by atoms with E-state index >= 15 is 0 Å². The third kappa shape index (κ3) is 23.0. The molecule has 162 valence electrons. The summed E-state index contributed by atoms with van der Waals surface area (Å²) in [6, 6.07) is 0. The number of phosphoric ester groups is 1. The van der Waals surface area contributed by atoms with Gasteiger partial charge in [0.15, 0.2) is 5.78 Å². The van der Waals surface area contributed by atoms with E-state index in [0.717, 1.165) is 44.9 Å². The normalized spacial score (nSPS) is 12.7. The number of allylic oxidation sites excluding steroid dienone is 6. The first-order chi connectivity index (χ1) is 13.5. The lowest BCUT2D eigenvalue weighted by atomic mass is 10.1. The monoisotopic (exact) mass is 416 g/mol. The second-order valence-corrected chi connectivity index (χ2v) is 7.80. The van der Waals surface area contributed by atoms with Crippen molar-refractivity contribution in [3.8, 4) is 0 Å². The number of carbonyl (C=O) groups excluding carboxylic acids is 1. The highest BCUT2D eigenvalue weighted by molar-refractivity contribution is 7.46. The summed E-state index contributed by atoms with van der Waals surface area (Å²) in [5.41, 5.74) is 0. The molecule has 28 heavy (non-hydrogen) atoms. The summed E-state index contributed by atoms with van der Waals surface area (Å²) in [7, 11) is -4.58. The summed E-state index contributed by atoms with van der Waals surface area (Å²) < 4.78 is 19.7. The molecule has 2 N–H and O–H groups in total. The highest BCUT2D eigenvalue weighted by Crippen LogP contribution is 2.35. The lowest BCUT2D eigenvalue weighted by molar-refractivity contribution is -0.126. The minimum absolute atomic E-state index is 0.170. The van der Waals surface area contributed by atoms with Gasteiger partial charge >= 0.3 is 7.82 Å². The maximum Gasteiger partial charge on any atom is 0.470 e. The Morgan fingerprint density at radius 3 is 2.04 bits per heavy atom. The van der Waals surface area contributed by atoms with Gasteiger partial charge in [-0.3, -0.25) is 9.32 Å². The summed E-state index contributed by atoms with van der Waals surface area (Å²) in [6.45, 7) is 1.83. The first-order valence-corrected chi connectivity index (χ1v) is 11.7. The molecule has 0 aromatic carbocycles. The molecule has 0 spiro atoms. The van der Waals surface area contributed by atoms with E-state index in [2.05, 4.69) is 47.9 Å². The average Bonchev–Trinajstić information content (AvgIpc) is 2.65. The van der Waals surface area contributed by atoms with Gasteiger partial charge in [-0.05, 0) is 38.5 Å². The molecule has 0 amide bonds. The number of ether oxygens (including phenoxy) is 1. The quantitative estimate of drug-likeness (QED) is 0.169. The number of Topliss-reactive ketones (excluding diaryl/α,β-unsaturated/α-hetero) is 1. The summed E-state index contributed by atoms with van der Waals surface area (Å²) in [5, 5.41) is 0. The molecule has 0 unspecified atom stereocenters. The van der Waals surface area contributed by atoms with Gasteiger partial charge in [-0.1, -0.05) is 69.1 Å². The molecular weight excluding hydrogens is 379 g/mol. The molecule has 7 heteroatoms. The van der Waals surface area contributed by atoms with E-state index in [0.29, 0.717) is 6.61 Å².